The summed E-state index contributed by atoms with van der Waals surface area (Å²) in [6.07, 6.45) is 2.60. The molecule has 0 saturated carbocycles. The Kier molecular flexibility index (Phi) is 4.74. The molecule has 3 aromatic rings. The molecule has 0 fully saturated rings. The molecular weight excluding hydrogens is 312 g/mol. The third-order valence-corrected chi connectivity index (χ3v) is 4.09. The van der Waals surface area contributed by atoms with Crippen molar-refractivity contribution in [3.05, 3.63) is 58.0 Å². The number of aryl methyl sites for hydroxylation is 2. The second kappa shape index (κ2) is 6.97. The van der Waals surface area contributed by atoms with Gasteiger partial charge in [-0.1, -0.05) is 19.1 Å². The summed E-state index contributed by atoms with van der Waals surface area (Å²) < 4.78 is 0. The summed E-state index contributed by atoms with van der Waals surface area (Å²) in [7, 11) is 0. The van der Waals surface area contributed by atoms with Crippen LogP contribution in [0.5, 0.6) is 0 Å². The zero-order chi connectivity index (χ0) is 18.0. The van der Waals surface area contributed by atoms with E-state index >= 15 is 0 Å². The summed E-state index contributed by atoms with van der Waals surface area (Å²) in [6.45, 7) is 8.26. The molecule has 0 unspecified atom stereocenters. The molecule has 0 aliphatic rings. The molecule has 0 saturated heterocycles. The van der Waals surface area contributed by atoms with Gasteiger partial charge in [-0.2, -0.15) is 0 Å². The quantitative estimate of drug-likeness (QED) is 0.647. The van der Waals surface area contributed by atoms with Gasteiger partial charge in [0.15, 0.2) is 0 Å². The molecule has 2 aromatic heterocycles. The van der Waals surface area contributed by atoms with Crippen molar-refractivity contribution < 1.29 is 0 Å². The van der Waals surface area contributed by atoms with E-state index in [0.29, 0.717) is 11.2 Å². The van der Waals surface area contributed by atoms with Crippen LogP contribution in [-0.2, 0) is 6.42 Å². The summed E-state index contributed by atoms with van der Waals surface area (Å²) in [5.74, 6) is 1.32. The van der Waals surface area contributed by atoms with Crippen LogP contribution in [0, 0.1) is 6.92 Å². The average molecular weight is 336 g/mol. The minimum Gasteiger partial charge on any atom is -0.367 e. The Labute approximate surface area is 147 Å². The maximum Gasteiger partial charge on any atom is 0.259 e. The highest BCUT2D eigenvalue weighted by Crippen LogP contribution is 2.27. The molecule has 0 radical (unpaired) electrons. The molecule has 25 heavy (non-hydrogen) atoms. The van der Waals surface area contributed by atoms with Crippen LogP contribution >= 0.6 is 0 Å². The van der Waals surface area contributed by atoms with Crippen LogP contribution in [0.3, 0.4) is 0 Å². The number of nitrogens with zero attached hydrogens (tertiary/aromatic N) is 1. The van der Waals surface area contributed by atoms with Crippen molar-refractivity contribution in [1.29, 1.82) is 0 Å². The fourth-order valence-electron chi connectivity index (χ4n) is 2.91. The molecule has 3 N–H and O–H groups in total. The molecule has 5 heteroatoms. The van der Waals surface area contributed by atoms with Crippen LogP contribution < -0.4 is 16.2 Å². The van der Waals surface area contributed by atoms with E-state index in [2.05, 4.69) is 52.6 Å². The molecule has 5 nitrogen and oxygen atoms in total. The van der Waals surface area contributed by atoms with Gasteiger partial charge in [0.25, 0.3) is 5.56 Å². The number of rotatable bonds is 5. The lowest BCUT2D eigenvalue weighted by molar-refractivity contribution is 0.892. The predicted octanol–water partition coefficient (Wildman–Crippen LogP) is 4.36. The van der Waals surface area contributed by atoms with Crippen LogP contribution in [0.15, 0.2) is 41.3 Å². The number of pyridine rings is 2. The largest absolute Gasteiger partial charge is 0.367 e. The number of hydrogen-bond acceptors (Lipinski definition) is 4. The van der Waals surface area contributed by atoms with Gasteiger partial charge in [0.2, 0.25) is 0 Å². The standard InChI is InChI=1S/C20H24N4O/c1-5-14-7-6-13(4)10-16(14)23-17-11-15-8-9-21-20(25)18(15)19(24-17)22-12(2)3/h6-12H,5H2,1-4H3,(H,21,25)(H2,22,23,24). The number of H-pyrrole nitrogens is 1. The fourth-order valence-corrected chi connectivity index (χ4v) is 2.91. The van der Waals surface area contributed by atoms with E-state index in [-0.39, 0.29) is 11.6 Å². The zero-order valence-corrected chi connectivity index (χ0v) is 15.1. The van der Waals surface area contributed by atoms with Gasteiger partial charge in [-0.05, 0) is 61.9 Å². The van der Waals surface area contributed by atoms with Gasteiger partial charge in [-0.25, -0.2) is 4.98 Å². The number of nitrogens with one attached hydrogen (secondary N) is 3. The first-order chi connectivity index (χ1) is 12.0. The van der Waals surface area contributed by atoms with Gasteiger partial charge in [0.1, 0.15) is 11.6 Å². The van der Waals surface area contributed by atoms with E-state index in [4.69, 9.17) is 0 Å². The van der Waals surface area contributed by atoms with Gasteiger partial charge in [-0.15, -0.1) is 0 Å². The van der Waals surface area contributed by atoms with Crippen LogP contribution in [0.2, 0.25) is 0 Å². The first kappa shape index (κ1) is 17.0. The van der Waals surface area contributed by atoms with E-state index < -0.39 is 0 Å². The Morgan fingerprint density at radius 3 is 2.72 bits per heavy atom. The Morgan fingerprint density at radius 1 is 1.20 bits per heavy atom. The highest BCUT2D eigenvalue weighted by atomic mass is 16.1. The summed E-state index contributed by atoms with van der Waals surface area (Å²) >= 11 is 0. The molecule has 1 aromatic carbocycles. The van der Waals surface area contributed by atoms with Crippen molar-refractivity contribution in [3.8, 4) is 0 Å². The first-order valence-electron chi connectivity index (χ1n) is 8.63. The molecule has 0 spiro atoms. The SMILES string of the molecule is CCc1ccc(C)cc1Nc1cc2cc[nH]c(=O)c2c(NC(C)C)n1. The average Bonchev–Trinajstić information content (AvgIpc) is 2.54. The predicted molar refractivity (Wildman–Crippen MR) is 105 cm³/mol. The molecule has 0 aliphatic carbocycles. The van der Waals surface area contributed by atoms with Crippen molar-refractivity contribution in [3.63, 3.8) is 0 Å². The maximum atomic E-state index is 12.2. The van der Waals surface area contributed by atoms with Crippen LogP contribution in [-0.4, -0.2) is 16.0 Å². The Morgan fingerprint density at radius 2 is 2.00 bits per heavy atom. The van der Waals surface area contributed by atoms with Gasteiger partial charge >= 0.3 is 0 Å². The fraction of sp³-hybridized carbons (Fsp3) is 0.300. The van der Waals surface area contributed by atoms with Gasteiger partial charge in [0, 0.05) is 17.9 Å². The molecule has 2 heterocycles. The topological polar surface area (TPSA) is 69.8 Å². The van der Waals surface area contributed by atoms with Crippen molar-refractivity contribution in [2.45, 2.75) is 40.2 Å². The van der Waals surface area contributed by atoms with Crippen molar-refractivity contribution in [2.24, 2.45) is 0 Å². The highest BCUT2D eigenvalue weighted by Gasteiger charge is 2.11. The van der Waals surface area contributed by atoms with Crippen LogP contribution in [0.25, 0.3) is 10.8 Å². The smallest absolute Gasteiger partial charge is 0.259 e. The summed E-state index contributed by atoms with van der Waals surface area (Å²) in [5.41, 5.74) is 3.34. The van der Waals surface area contributed by atoms with E-state index in [1.165, 1.54) is 11.1 Å². The molecule has 130 valence electrons. The number of aromatic amines is 1. The van der Waals surface area contributed by atoms with Crippen LogP contribution in [0.4, 0.5) is 17.3 Å². The number of anilines is 3. The molecule has 3 rings (SSSR count). The summed E-state index contributed by atoms with van der Waals surface area (Å²) in [4.78, 5) is 19.6. The Bertz CT molecular complexity index is 960. The first-order valence-corrected chi connectivity index (χ1v) is 8.63. The highest BCUT2D eigenvalue weighted by molar-refractivity contribution is 5.93. The molecule has 0 atom stereocenters. The third kappa shape index (κ3) is 3.65. The van der Waals surface area contributed by atoms with E-state index in [9.17, 15) is 4.79 Å². The molecule has 0 aliphatic heterocycles. The Hall–Kier alpha value is -2.82. The van der Waals surface area contributed by atoms with Gasteiger partial charge in [0.05, 0.1) is 5.39 Å². The molecule has 0 bridgehead atoms. The summed E-state index contributed by atoms with van der Waals surface area (Å²) in [5, 5.41) is 8.15. The molecular formula is C20H24N4O. The van der Waals surface area contributed by atoms with Gasteiger partial charge in [-0.3, -0.25) is 4.79 Å². The lowest BCUT2D eigenvalue weighted by Crippen LogP contribution is -2.16. The van der Waals surface area contributed by atoms with Gasteiger partial charge < -0.3 is 15.6 Å². The number of hydrogen-bond donors (Lipinski definition) is 3. The minimum absolute atomic E-state index is 0.135. The Balaban J connectivity index is 2.11. The second-order valence-electron chi connectivity index (χ2n) is 6.57. The van der Waals surface area contributed by atoms with Crippen molar-refractivity contribution >= 4 is 28.1 Å². The normalized spacial score (nSPS) is 11.1. The molecule has 0 amide bonds. The van der Waals surface area contributed by atoms with Crippen molar-refractivity contribution in [1.82, 2.24) is 9.97 Å². The number of aromatic nitrogens is 2. The minimum atomic E-state index is -0.135. The van der Waals surface area contributed by atoms with E-state index in [1.807, 2.05) is 26.0 Å². The third-order valence-electron chi connectivity index (χ3n) is 4.09. The zero-order valence-electron chi connectivity index (χ0n) is 15.1. The maximum absolute atomic E-state index is 12.2. The number of benzene rings is 1. The lowest BCUT2D eigenvalue weighted by atomic mass is 10.1. The van der Waals surface area contributed by atoms with Crippen molar-refractivity contribution in [2.75, 3.05) is 10.6 Å². The monoisotopic (exact) mass is 336 g/mol. The second-order valence-corrected chi connectivity index (χ2v) is 6.57. The lowest BCUT2D eigenvalue weighted by Gasteiger charge is -2.16. The van der Waals surface area contributed by atoms with Crippen LogP contribution in [0.1, 0.15) is 31.9 Å². The number of fused-ring (bicyclic) bond motifs is 1. The summed E-state index contributed by atoms with van der Waals surface area (Å²) in [6, 6.07) is 10.4. The van der Waals surface area contributed by atoms with E-state index in [0.717, 1.165) is 23.3 Å². The van der Waals surface area contributed by atoms with E-state index in [1.54, 1.807) is 6.20 Å².